The molecule has 0 radical (unpaired) electrons. The Kier molecular flexibility index (Phi) is 5.59. The van der Waals surface area contributed by atoms with Gasteiger partial charge in [0.1, 0.15) is 10.7 Å². The summed E-state index contributed by atoms with van der Waals surface area (Å²) in [4.78, 5) is 39.4. The van der Waals surface area contributed by atoms with Crippen LogP contribution in [0, 0.1) is 6.92 Å². The fraction of sp³-hybridized carbons (Fsp3) is 0.417. The predicted molar refractivity (Wildman–Crippen MR) is 137 cm³/mol. The lowest BCUT2D eigenvalue weighted by Gasteiger charge is -2.25. The number of thiazole rings is 1. The van der Waals surface area contributed by atoms with Gasteiger partial charge in [0, 0.05) is 31.7 Å². The van der Waals surface area contributed by atoms with Gasteiger partial charge in [0.25, 0.3) is 11.5 Å². The molecule has 5 heterocycles. The number of carbonyl (C=O) groups is 1. The van der Waals surface area contributed by atoms with Crippen molar-refractivity contribution in [2.45, 2.75) is 39.2 Å². The fourth-order valence-corrected chi connectivity index (χ4v) is 6.84. The maximum atomic E-state index is 13.2. The number of nitrogens with one attached hydrogen (secondary N) is 1. The molecule has 0 unspecified atom stereocenters. The molecule has 0 atom stereocenters. The van der Waals surface area contributed by atoms with Crippen LogP contribution < -0.4 is 15.8 Å². The first-order valence-corrected chi connectivity index (χ1v) is 13.3. The number of nitrogens with zero attached hydrogens (tertiary/aromatic N) is 4. The van der Waals surface area contributed by atoms with Crippen molar-refractivity contribution < 1.29 is 9.53 Å². The number of thiophene rings is 1. The lowest BCUT2D eigenvalue weighted by atomic mass is 10.2. The number of hydrogen-bond donors (Lipinski definition) is 1. The molecule has 3 aromatic heterocycles. The standard InChI is InChI=1S/C24H25N5O3S2/c1-14-19-22(27-18-5-3-2-4-8-29(18)23(19)31)34-20(14)21(30)25-15-6-7-16-17(13-15)33-24(26-16)28-9-11-32-12-10-28/h6-7,13H,2-5,8-12H2,1H3,(H,25,30). The van der Waals surface area contributed by atoms with E-state index in [0.29, 0.717) is 46.1 Å². The van der Waals surface area contributed by atoms with Crippen LogP contribution in [0.25, 0.3) is 20.4 Å². The maximum Gasteiger partial charge on any atom is 0.266 e. The largest absolute Gasteiger partial charge is 0.378 e. The number of benzene rings is 1. The minimum atomic E-state index is -0.211. The molecule has 1 saturated heterocycles. The molecule has 0 bridgehead atoms. The summed E-state index contributed by atoms with van der Waals surface area (Å²) in [5.41, 5.74) is 2.33. The minimum Gasteiger partial charge on any atom is -0.378 e. The summed E-state index contributed by atoms with van der Waals surface area (Å²) in [7, 11) is 0. The van der Waals surface area contributed by atoms with Crippen molar-refractivity contribution in [3.63, 3.8) is 0 Å². The van der Waals surface area contributed by atoms with E-state index in [1.165, 1.54) is 11.3 Å². The molecule has 1 amide bonds. The van der Waals surface area contributed by atoms with E-state index in [4.69, 9.17) is 14.7 Å². The van der Waals surface area contributed by atoms with Gasteiger partial charge in [-0.15, -0.1) is 11.3 Å². The Morgan fingerprint density at radius 1 is 1.09 bits per heavy atom. The highest BCUT2D eigenvalue weighted by atomic mass is 32.1. The zero-order valence-electron chi connectivity index (χ0n) is 18.9. The molecule has 1 fully saturated rings. The van der Waals surface area contributed by atoms with Crippen LogP contribution in [-0.4, -0.2) is 46.7 Å². The van der Waals surface area contributed by atoms with Gasteiger partial charge in [0.05, 0.1) is 33.7 Å². The molecule has 0 saturated carbocycles. The van der Waals surface area contributed by atoms with Gasteiger partial charge < -0.3 is 15.0 Å². The lowest BCUT2D eigenvalue weighted by Crippen LogP contribution is -2.36. The Hall–Kier alpha value is -2.82. The number of ether oxygens (including phenoxy) is 1. The monoisotopic (exact) mass is 495 g/mol. The molecule has 0 spiro atoms. The zero-order chi connectivity index (χ0) is 23.2. The third-order valence-electron chi connectivity index (χ3n) is 6.53. The second-order valence-corrected chi connectivity index (χ2v) is 10.8. The molecule has 2 aliphatic rings. The number of anilines is 2. The maximum absolute atomic E-state index is 13.2. The van der Waals surface area contributed by atoms with Gasteiger partial charge in [0.2, 0.25) is 0 Å². The van der Waals surface area contributed by atoms with Crippen LogP contribution >= 0.6 is 22.7 Å². The first-order valence-electron chi connectivity index (χ1n) is 11.7. The Balaban J connectivity index is 1.29. The quantitative estimate of drug-likeness (QED) is 0.458. The average Bonchev–Trinajstić information content (AvgIpc) is 3.32. The molecule has 0 aliphatic carbocycles. The van der Waals surface area contributed by atoms with Crippen molar-refractivity contribution in [2.75, 3.05) is 36.5 Å². The van der Waals surface area contributed by atoms with E-state index in [-0.39, 0.29) is 11.5 Å². The first kappa shape index (κ1) is 21.7. The summed E-state index contributed by atoms with van der Waals surface area (Å²) >= 11 is 2.93. The van der Waals surface area contributed by atoms with Gasteiger partial charge in [-0.2, -0.15) is 0 Å². The van der Waals surface area contributed by atoms with Crippen LogP contribution in [0.2, 0.25) is 0 Å². The number of carbonyl (C=O) groups excluding carboxylic acids is 1. The van der Waals surface area contributed by atoms with Crippen LogP contribution in [0.3, 0.4) is 0 Å². The van der Waals surface area contributed by atoms with E-state index >= 15 is 0 Å². The van der Waals surface area contributed by atoms with Gasteiger partial charge in [-0.3, -0.25) is 14.2 Å². The van der Waals surface area contributed by atoms with Crippen LogP contribution in [0.4, 0.5) is 10.8 Å². The van der Waals surface area contributed by atoms with E-state index in [9.17, 15) is 9.59 Å². The molecular weight excluding hydrogens is 470 g/mol. The van der Waals surface area contributed by atoms with Gasteiger partial charge in [0.15, 0.2) is 5.13 Å². The molecule has 2 aliphatic heterocycles. The summed E-state index contributed by atoms with van der Waals surface area (Å²) < 4.78 is 8.27. The zero-order valence-corrected chi connectivity index (χ0v) is 20.6. The van der Waals surface area contributed by atoms with Gasteiger partial charge in [-0.25, -0.2) is 9.97 Å². The summed E-state index contributed by atoms with van der Waals surface area (Å²) in [5, 5.41) is 4.58. The lowest BCUT2D eigenvalue weighted by molar-refractivity contribution is 0.103. The molecule has 10 heteroatoms. The van der Waals surface area contributed by atoms with Crippen molar-refractivity contribution in [1.82, 2.24) is 14.5 Å². The number of fused-ring (bicyclic) bond motifs is 3. The van der Waals surface area contributed by atoms with Gasteiger partial charge in [-0.1, -0.05) is 17.8 Å². The van der Waals surface area contributed by atoms with Crippen LogP contribution in [0.5, 0.6) is 0 Å². The van der Waals surface area contributed by atoms with E-state index in [1.807, 2.05) is 25.1 Å². The van der Waals surface area contributed by atoms with E-state index < -0.39 is 0 Å². The smallest absolute Gasteiger partial charge is 0.266 e. The Morgan fingerprint density at radius 3 is 2.79 bits per heavy atom. The number of morpholine rings is 1. The number of rotatable bonds is 3. The van der Waals surface area contributed by atoms with Crippen LogP contribution in [0.15, 0.2) is 23.0 Å². The normalized spacial score (nSPS) is 16.6. The van der Waals surface area contributed by atoms with Gasteiger partial charge in [-0.05, 0) is 43.5 Å². The summed E-state index contributed by atoms with van der Waals surface area (Å²) in [6.45, 7) is 5.66. The van der Waals surface area contributed by atoms with Crippen molar-refractivity contribution in [1.29, 1.82) is 0 Å². The number of aryl methyl sites for hydroxylation is 2. The second kappa shape index (κ2) is 8.75. The number of hydrogen-bond acceptors (Lipinski definition) is 8. The summed E-state index contributed by atoms with van der Waals surface area (Å²) in [6, 6.07) is 5.78. The Labute approximate surface area is 204 Å². The summed E-state index contributed by atoms with van der Waals surface area (Å²) in [6.07, 6.45) is 3.96. The molecule has 6 rings (SSSR count). The van der Waals surface area contributed by atoms with Crippen LogP contribution in [0.1, 0.15) is 40.3 Å². The summed E-state index contributed by atoms with van der Waals surface area (Å²) in [5.74, 6) is 0.632. The third-order valence-corrected chi connectivity index (χ3v) is 8.80. The molecule has 4 aromatic rings. The number of amides is 1. The topological polar surface area (TPSA) is 89.3 Å². The predicted octanol–water partition coefficient (Wildman–Crippen LogP) is 4.19. The molecule has 1 N–H and O–H groups in total. The second-order valence-electron chi connectivity index (χ2n) is 8.76. The van der Waals surface area contributed by atoms with Crippen molar-refractivity contribution >= 4 is 59.8 Å². The van der Waals surface area contributed by atoms with Gasteiger partial charge >= 0.3 is 0 Å². The van der Waals surface area contributed by atoms with Crippen molar-refractivity contribution in [3.05, 3.63) is 44.8 Å². The Morgan fingerprint density at radius 2 is 1.94 bits per heavy atom. The highest BCUT2D eigenvalue weighted by Gasteiger charge is 2.23. The minimum absolute atomic E-state index is 0.0172. The van der Waals surface area contributed by atoms with Crippen LogP contribution in [-0.2, 0) is 17.7 Å². The highest BCUT2D eigenvalue weighted by Crippen LogP contribution is 2.32. The van der Waals surface area contributed by atoms with Crippen molar-refractivity contribution in [2.24, 2.45) is 0 Å². The van der Waals surface area contributed by atoms with E-state index in [2.05, 4.69) is 10.2 Å². The van der Waals surface area contributed by atoms with E-state index in [0.717, 1.165) is 59.9 Å². The highest BCUT2D eigenvalue weighted by molar-refractivity contribution is 7.22. The molecule has 1 aromatic carbocycles. The molecule has 176 valence electrons. The Bertz CT molecular complexity index is 1470. The molecule has 8 nitrogen and oxygen atoms in total. The third kappa shape index (κ3) is 3.79. The molecular formula is C24H25N5O3S2. The SMILES string of the molecule is Cc1c(C(=O)Nc2ccc3nc(N4CCOCC4)sc3c2)sc2nc3n(c(=O)c12)CCCCC3. The van der Waals surface area contributed by atoms with E-state index in [1.54, 1.807) is 15.9 Å². The number of aromatic nitrogens is 3. The molecule has 34 heavy (non-hydrogen) atoms. The average molecular weight is 496 g/mol. The fourth-order valence-electron chi connectivity index (χ4n) is 4.69. The van der Waals surface area contributed by atoms with Crippen molar-refractivity contribution in [3.8, 4) is 0 Å². The first-order chi connectivity index (χ1) is 16.6.